The van der Waals surface area contributed by atoms with Gasteiger partial charge in [-0.05, 0) is 6.92 Å². The molecule has 62 valence electrons. The summed E-state index contributed by atoms with van der Waals surface area (Å²) in [5.41, 5.74) is 0. The number of nitrogens with one attached hydrogen (secondary N) is 1. The van der Waals surface area contributed by atoms with Crippen molar-refractivity contribution in [3.63, 3.8) is 0 Å². The largest absolute Gasteiger partial charge is 0.355 e. The summed E-state index contributed by atoms with van der Waals surface area (Å²) in [4.78, 5) is 20.9. The third-order valence-electron chi connectivity index (χ3n) is 1.21. The van der Waals surface area contributed by atoms with Crippen LogP contribution in [0.5, 0.6) is 0 Å². The summed E-state index contributed by atoms with van der Waals surface area (Å²) in [5.74, 6) is -0.728. The minimum Gasteiger partial charge on any atom is -0.355 e. The first-order valence-electron chi connectivity index (χ1n) is 3.56. The van der Waals surface area contributed by atoms with Crippen molar-refractivity contribution in [2.24, 2.45) is 11.8 Å². The highest BCUT2D eigenvalue weighted by Gasteiger charge is 2.07. The lowest BCUT2D eigenvalue weighted by molar-refractivity contribution is -0.124. The maximum Gasteiger partial charge on any atom is 0.222 e. The van der Waals surface area contributed by atoms with E-state index in [0.29, 0.717) is 6.29 Å². The molecular weight excluding hydrogens is 142 g/mol. The van der Waals surface area contributed by atoms with Gasteiger partial charge in [0.05, 0.1) is 0 Å². The van der Waals surface area contributed by atoms with Crippen LogP contribution in [0.25, 0.3) is 0 Å². The minimum atomic E-state index is -0.585. The predicted molar refractivity (Wildman–Crippen MR) is 41.7 cm³/mol. The van der Waals surface area contributed by atoms with Crippen LogP contribution in [0.4, 0.5) is 0 Å². The van der Waals surface area contributed by atoms with E-state index in [-0.39, 0.29) is 18.4 Å². The van der Waals surface area contributed by atoms with Gasteiger partial charge in [0.25, 0.3) is 0 Å². The summed E-state index contributed by atoms with van der Waals surface area (Å²) >= 11 is 0. The highest BCUT2D eigenvalue weighted by molar-refractivity contribution is 5.78. The first kappa shape index (κ1) is 10.1. The second-order valence-electron chi connectivity index (χ2n) is 2.70. The molecule has 1 N–H and O–H groups in total. The molecule has 0 heterocycles. The van der Waals surface area contributed by atoms with Gasteiger partial charge < -0.3 is 10.1 Å². The van der Waals surface area contributed by atoms with Gasteiger partial charge in [-0.1, -0.05) is 13.8 Å². The molecule has 0 unspecified atom stereocenters. The van der Waals surface area contributed by atoms with E-state index in [1.807, 2.05) is 0 Å². The molecule has 0 aromatic carbocycles. The monoisotopic (exact) mass is 155 g/mol. The Morgan fingerprint density at radius 3 is 2.55 bits per heavy atom. The molecule has 0 bridgehead atoms. The maximum atomic E-state index is 10.9. The average molecular weight is 155 g/mol. The number of hydrogen-bond donors (Lipinski definition) is 1. The van der Waals surface area contributed by atoms with Crippen LogP contribution in [-0.4, -0.2) is 18.7 Å². The molecule has 0 rings (SSSR count). The third kappa shape index (κ3) is 4.53. The topological polar surface area (TPSA) is 46.2 Å². The van der Waals surface area contributed by atoms with Gasteiger partial charge in [0, 0.05) is 18.4 Å². The van der Waals surface area contributed by atoms with Crippen molar-refractivity contribution >= 4 is 12.2 Å². The number of rotatable bonds is 4. The Bertz CT molecular complexity index is 143. The van der Waals surface area contributed by atoms with E-state index in [9.17, 15) is 9.59 Å². The molecule has 0 saturated carbocycles. The van der Waals surface area contributed by atoms with Crippen molar-refractivity contribution < 1.29 is 9.59 Å². The minimum absolute atomic E-state index is 0.0612. The van der Waals surface area contributed by atoms with Gasteiger partial charge in [-0.15, -0.1) is 0 Å². The first-order valence-corrected chi connectivity index (χ1v) is 3.56. The van der Waals surface area contributed by atoms with Crippen LogP contribution in [0.2, 0.25) is 0 Å². The van der Waals surface area contributed by atoms with Crippen LogP contribution in [0.15, 0.2) is 0 Å². The van der Waals surface area contributed by atoms with Gasteiger partial charge in [0.2, 0.25) is 5.91 Å². The van der Waals surface area contributed by atoms with Crippen molar-refractivity contribution in [1.29, 1.82) is 0 Å². The number of carbonyl (C=O) groups excluding carboxylic acids is 2. The predicted octanol–water partition coefficient (Wildman–Crippen LogP) is 0.285. The van der Waals surface area contributed by atoms with Gasteiger partial charge in [-0.2, -0.15) is 0 Å². The normalized spacial score (nSPS) is 12.7. The maximum absolute atomic E-state index is 10.9. The number of aldehydes is 1. The fraction of sp³-hybridized carbons (Fsp3) is 0.625. The molecule has 0 aromatic heterocycles. The lowest BCUT2D eigenvalue weighted by Crippen LogP contribution is -2.32. The van der Waals surface area contributed by atoms with E-state index < -0.39 is 5.92 Å². The lowest BCUT2D eigenvalue weighted by atomic mass is 10.2. The Balaban J connectivity index is 3.54. The summed E-state index contributed by atoms with van der Waals surface area (Å²) in [7, 11) is 0. The summed E-state index contributed by atoms with van der Waals surface area (Å²) in [6.45, 7) is 9.02. The molecule has 0 fully saturated rings. The number of amides is 1. The van der Waals surface area contributed by atoms with Crippen LogP contribution in [0.1, 0.15) is 13.8 Å². The molecule has 0 spiro atoms. The Labute approximate surface area is 67.2 Å². The fourth-order valence-corrected chi connectivity index (χ4v) is 0.471. The zero-order valence-corrected chi connectivity index (χ0v) is 6.83. The SMILES string of the molecule is [CH][C@H](C=O)CNC(=O)C(C)C. The van der Waals surface area contributed by atoms with Gasteiger partial charge in [-0.3, -0.25) is 4.79 Å². The smallest absolute Gasteiger partial charge is 0.222 e. The average Bonchev–Trinajstić information content (AvgIpc) is 1.99. The zero-order valence-electron chi connectivity index (χ0n) is 6.83. The van der Waals surface area contributed by atoms with Crippen LogP contribution in [-0.2, 0) is 9.59 Å². The quantitative estimate of drug-likeness (QED) is 0.593. The second-order valence-corrected chi connectivity index (χ2v) is 2.70. The number of carbonyl (C=O) groups is 2. The molecule has 1 atom stereocenters. The molecule has 0 saturated heterocycles. The summed E-state index contributed by atoms with van der Waals surface area (Å²) in [6, 6.07) is 0. The van der Waals surface area contributed by atoms with Gasteiger partial charge in [0.15, 0.2) is 0 Å². The molecule has 2 radical (unpaired) electrons. The van der Waals surface area contributed by atoms with E-state index in [1.165, 1.54) is 0 Å². The fourth-order valence-electron chi connectivity index (χ4n) is 0.471. The van der Waals surface area contributed by atoms with E-state index in [1.54, 1.807) is 13.8 Å². The zero-order chi connectivity index (χ0) is 8.85. The second kappa shape index (κ2) is 4.88. The van der Waals surface area contributed by atoms with E-state index in [2.05, 4.69) is 5.32 Å². The van der Waals surface area contributed by atoms with Crippen molar-refractivity contribution in [3.05, 3.63) is 6.92 Å². The van der Waals surface area contributed by atoms with Crippen molar-refractivity contribution in [2.75, 3.05) is 6.54 Å². The first-order chi connectivity index (χ1) is 5.07. The lowest BCUT2D eigenvalue weighted by Gasteiger charge is -2.08. The van der Waals surface area contributed by atoms with Gasteiger partial charge >= 0.3 is 0 Å². The van der Waals surface area contributed by atoms with Crippen LogP contribution in [0.3, 0.4) is 0 Å². The van der Waals surface area contributed by atoms with Crippen molar-refractivity contribution in [2.45, 2.75) is 13.8 Å². The van der Waals surface area contributed by atoms with Gasteiger partial charge in [0.1, 0.15) is 6.29 Å². The molecule has 3 nitrogen and oxygen atoms in total. The van der Waals surface area contributed by atoms with Crippen LogP contribution < -0.4 is 5.32 Å². The summed E-state index contributed by atoms with van der Waals surface area (Å²) in [5, 5.41) is 2.54. The Kier molecular flexibility index (Phi) is 4.50. The standard InChI is InChI=1S/C8H13NO2/c1-6(2)8(11)9-4-7(3)5-10/h3,5-7H,4H2,1-2H3,(H,9,11)/t7-/m0/s1. The molecule has 0 aliphatic heterocycles. The van der Waals surface area contributed by atoms with Crippen LogP contribution >= 0.6 is 0 Å². The molecule has 3 heteroatoms. The van der Waals surface area contributed by atoms with E-state index >= 15 is 0 Å². The van der Waals surface area contributed by atoms with Crippen molar-refractivity contribution in [3.8, 4) is 0 Å². The summed E-state index contributed by atoms with van der Waals surface area (Å²) in [6.07, 6.45) is 0.612. The molecule has 11 heavy (non-hydrogen) atoms. The Morgan fingerprint density at radius 1 is 1.64 bits per heavy atom. The highest BCUT2D eigenvalue weighted by Crippen LogP contribution is 1.91. The Morgan fingerprint density at radius 2 is 2.18 bits per heavy atom. The van der Waals surface area contributed by atoms with Gasteiger partial charge in [-0.25, -0.2) is 0 Å². The molecular formula is C8H13NO2. The van der Waals surface area contributed by atoms with E-state index in [0.717, 1.165) is 0 Å². The molecule has 0 aliphatic rings. The van der Waals surface area contributed by atoms with Crippen LogP contribution in [0, 0.1) is 18.8 Å². The molecule has 1 amide bonds. The van der Waals surface area contributed by atoms with E-state index in [4.69, 9.17) is 6.92 Å². The van der Waals surface area contributed by atoms with Crippen molar-refractivity contribution in [1.82, 2.24) is 5.32 Å². The third-order valence-corrected chi connectivity index (χ3v) is 1.21. The Hall–Kier alpha value is -0.860. The molecule has 0 aliphatic carbocycles. The molecule has 0 aromatic rings. The summed E-state index contributed by atoms with van der Waals surface area (Å²) < 4.78 is 0. The number of hydrogen-bond acceptors (Lipinski definition) is 2. The highest BCUT2D eigenvalue weighted by atomic mass is 16.1.